The van der Waals surface area contributed by atoms with Crippen LogP contribution in [0.2, 0.25) is 0 Å². The van der Waals surface area contributed by atoms with Crippen molar-refractivity contribution >= 4 is 17.7 Å². The first-order valence-electron chi connectivity index (χ1n) is 9.00. The highest BCUT2D eigenvalue weighted by molar-refractivity contribution is 5.94. The molecule has 2 heterocycles. The van der Waals surface area contributed by atoms with Gasteiger partial charge in [0.2, 0.25) is 11.8 Å². The van der Waals surface area contributed by atoms with Crippen LogP contribution in [0.3, 0.4) is 0 Å². The standard InChI is InChI=1S/C19H25N3O3/c1-2-13-3-5-14(6-4-13)19(25)21-11-9-15(10-12-21)22-16(18(20)24)7-8-17(22)23/h3-6,15-16H,2,7-12H2,1H3,(H2,20,24). The van der Waals surface area contributed by atoms with Gasteiger partial charge in [-0.05, 0) is 43.4 Å². The number of nitrogens with two attached hydrogens (primary N) is 1. The Labute approximate surface area is 148 Å². The Bertz CT molecular complexity index is 663. The summed E-state index contributed by atoms with van der Waals surface area (Å²) in [7, 11) is 0. The highest BCUT2D eigenvalue weighted by Gasteiger charge is 2.40. The molecule has 1 aromatic rings. The Balaban J connectivity index is 1.62. The van der Waals surface area contributed by atoms with Crippen LogP contribution < -0.4 is 5.73 Å². The van der Waals surface area contributed by atoms with E-state index in [0.29, 0.717) is 44.3 Å². The van der Waals surface area contributed by atoms with Crippen molar-refractivity contribution in [3.05, 3.63) is 35.4 Å². The predicted molar refractivity (Wildman–Crippen MR) is 93.8 cm³/mol. The summed E-state index contributed by atoms with van der Waals surface area (Å²) in [6.07, 6.45) is 3.22. The topological polar surface area (TPSA) is 83.7 Å². The maximum absolute atomic E-state index is 12.6. The van der Waals surface area contributed by atoms with Crippen molar-refractivity contribution in [1.29, 1.82) is 0 Å². The van der Waals surface area contributed by atoms with Crippen LogP contribution in [0.25, 0.3) is 0 Å². The van der Waals surface area contributed by atoms with Crippen molar-refractivity contribution in [1.82, 2.24) is 9.80 Å². The Morgan fingerprint density at radius 2 is 1.76 bits per heavy atom. The van der Waals surface area contributed by atoms with E-state index in [1.165, 1.54) is 5.56 Å². The average Bonchev–Trinajstić information content (AvgIpc) is 3.03. The molecule has 25 heavy (non-hydrogen) atoms. The third kappa shape index (κ3) is 3.52. The lowest BCUT2D eigenvalue weighted by Crippen LogP contribution is -2.52. The molecule has 0 radical (unpaired) electrons. The number of likely N-dealkylation sites (tertiary alicyclic amines) is 2. The van der Waals surface area contributed by atoms with E-state index in [1.807, 2.05) is 29.2 Å². The molecule has 2 aliphatic heterocycles. The van der Waals surface area contributed by atoms with Crippen LogP contribution in [0.1, 0.15) is 48.5 Å². The fourth-order valence-corrected chi connectivity index (χ4v) is 3.85. The highest BCUT2D eigenvalue weighted by Crippen LogP contribution is 2.27. The van der Waals surface area contributed by atoms with Crippen molar-refractivity contribution in [2.24, 2.45) is 5.73 Å². The van der Waals surface area contributed by atoms with Gasteiger partial charge in [-0.25, -0.2) is 0 Å². The molecule has 1 aromatic carbocycles. The van der Waals surface area contributed by atoms with Gasteiger partial charge < -0.3 is 15.5 Å². The van der Waals surface area contributed by atoms with Crippen LogP contribution in [-0.2, 0) is 16.0 Å². The second-order valence-corrected chi connectivity index (χ2v) is 6.83. The molecule has 2 fully saturated rings. The third-order valence-electron chi connectivity index (χ3n) is 5.34. The number of nitrogens with zero attached hydrogens (tertiary/aromatic N) is 2. The minimum atomic E-state index is -0.485. The summed E-state index contributed by atoms with van der Waals surface area (Å²) in [5, 5.41) is 0. The fourth-order valence-electron chi connectivity index (χ4n) is 3.85. The molecule has 3 rings (SSSR count). The fraction of sp³-hybridized carbons (Fsp3) is 0.526. The van der Waals surface area contributed by atoms with Gasteiger partial charge in [-0.15, -0.1) is 0 Å². The summed E-state index contributed by atoms with van der Waals surface area (Å²) < 4.78 is 0. The first-order chi connectivity index (χ1) is 12.0. The van der Waals surface area contributed by atoms with Crippen LogP contribution in [-0.4, -0.2) is 52.7 Å². The largest absolute Gasteiger partial charge is 0.368 e. The summed E-state index contributed by atoms with van der Waals surface area (Å²) >= 11 is 0. The number of primary amides is 1. The molecular formula is C19H25N3O3. The SMILES string of the molecule is CCc1ccc(C(=O)N2CCC(N3C(=O)CCC3C(N)=O)CC2)cc1. The summed E-state index contributed by atoms with van der Waals surface area (Å²) in [5.74, 6) is -0.399. The molecule has 0 bridgehead atoms. The molecule has 134 valence electrons. The maximum Gasteiger partial charge on any atom is 0.253 e. The van der Waals surface area contributed by atoms with Crippen molar-refractivity contribution in [2.45, 2.75) is 51.1 Å². The molecule has 1 atom stereocenters. The number of hydrogen-bond acceptors (Lipinski definition) is 3. The quantitative estimate of drug-likeness (QED) is 0.895. The van der Waals surface area contributed by atoms with E-state index in [9.17, 15) is 14.4 Å². The van der Waals surface area contributed by atoms with Crippen LogP contribution in [0.5, 0.6) is 0 Å². The predicted octanol–water partition coefficient (Wildman–Crippen LogP) is 1.33. The number of piperidine rings is 1. The molecule has 1 unspecified atom stereocenters. The first kappa shape index (κ1) is 17.5. The summed E-state index contributed by atoms with van der Waals surface area (Å²) in [6.45, 7) is 3.27. The van der Waals surface area contributed by atoms with E-state index in [1.54, 1.807) is 4.90 Å². The number of hydrogen-bond donors (Lipinski definition) is 1. The lowest BCUT2D eigenvalue weighted by molar-refractivity contribution is -0.137. The number of aryl methyl sites for hydroxylation is 1. The Morgan fingerprint density at radius 1 is 1.12 bits per heavy atom. The van der Waals surface area contributed by atoms with Crippen molar-refractivity contribution in [3.63, 3.8) is 0 Å². The molecule has 2 saturated heterocycles. The first-order valence-corrected chi connectivity index (χ1v) is 9.00. The number of carbonyl (C=O) groups excluding carboxylic acids is 3. The van der Waals surface area contributed by atoms with Crippen LogP contribution >= 0.6 is 0 Å². The number of carbonyl (C=O) groups is 3. The number of benzene rings is 1. The van der Waals surface area contributed by atoms with Gasteiger partial charge in [-0.2, -0.15) is 0 Å². The third-order valence-corrected chi connectivity index (χ3v) is 5.34. The summed E-state index contributed by atoms with van der Waals surface area (Å²) in [5.41, 5.74) is 7.34. The molecule has 0 aromatic heterocycles. The number of rotatable bonds is 4. The monoisotopic (exact) mass is 343 g/mol. The second-order valence-electron chi connectivity index (χ2n) is 6.83. The van der Waals surface area contributed by atoms with Gasteiger partial charge in [-0.1, -0.05) is 19.1 Å². The summed E-state index contributed by atoms with van der Waals surface area (Å²) in [6, 6.07) is 7.24. The van der Waals surface area contributed by atoms with Gasteiger partial charge >= 0.3 is 0 Å². The van der Waals surface area contributed by atoms with Gasteiger partial charge in [0.1, 0.15) is 6.04 Å². The van der Waals surface area contributed by atoms with Gasteiger partial charge in [0.25, 0.3) is 5.91 Å². The molecule has 2 N–H and O–H groups in total. The zero-order valence-corrected chi connectivity index (χ0v) is 14.6. The van der Waals surface area contributed by atoms with Gasteiger partial charge in [0.05, 0.1) is 0 Å². The molecule has 2 aliphatic rings. The van der Waals surface area contributed by atoms with Crippen LogP contribution in [0.4, 0.5) is 0 Å². The zero-order valence-electron chi connectivity index (χ0n) is 14.6. The van der Waals surface area contributed by atoms with E-state index in [2.05, 4.69) is 6.92 Å². The second kappa shape index (κ2) is 7.25. The number of amides is 3. The Morgan fingerprint density at radius 3 is 2.32 bits per heavy atom. The molecule has 3 amide bonds. The highest BCUT2D eigenvalue weighted by atomic mass is 16.2. The van der Waals surface area contributed by atoms with Gasteiger partial charge in [0, 0.05) is 31.1 Å². The van der Waals surface area contributed by atoms with E-state index in [4.69, 9.17) is 5.73 Å². The van der Waals surface area contributed by atoms with Gasteiger partial charge in [-0.3, -0.25) is 14.4 Å². The molecular weight excluding hydrogens is 318 g/mol. The smallest absolute Gasteiger partial charge is 0.253 e. The Hall–Kier alpha value is -2.37. The molecule has 0 saturated carbocycles. The molecule has 0 aliphatic carbocycles. The van der Waals surface area contributed by atoms with E-state index >= 15 is 0 Å². The van der Waals surface area contributed by atoms with Crippen molar-refractivity contribution < 1.29 is 14.4 Å². The van der Waals surface area contributed by atoms with E-state index < -0.39 is 11.9 Å². The maximum atomic E-state index is 12.6. The van der Waals surface area contributed by atoms with Crippen molar-refractivity contribution in [2.75, 3.05) is 13.1 Å². The lowest BCUT2D eigenvalue weighted by Gasteiger charge is -2.38. The van der Waals surface area contributed by atoms with E-state index in [-0.39, 0.29) is 17.9 Å². The zero-order chi connectivity index (χ0) is 18.0. The van der Waals surface area contributed by atoms with Gasteiger partial charge in [0.15, 0.2) is 0 Å². The van der Waals surface area contributed by atoms with E-state index in [0.717, 1.165) is 6.42 Å². The molecule has 6 nitrogen and oxygen atoms in total. The minimum absolute atomic E-state index is 0.000910. The van der Waals surface area contributed by atoms with Crippen LogP contribution in [0.15, 0.2) is 24.3 Å². The minimum Gasteiger partial charge on any atom is -0.368 e. The lowest BCUT2D eigenvalue weighted by atomic mass is 10.0. The van der Waals surface area contributed by atoms with Crippen molar-refractivity contribution in [3.8, 4) is 0 Å². The summed E-state index contributed by atoms with van der Waals surface area (Å²) in [4.78, 5) is 39.8. The average molecular weight is 343 g/mol. The normalized spacial score (nSPS) is 21.6. The molecule has 6 heteroatoms. The molecule has 0 spiro atoms. The Kier molecular flexibility index (Phi) is 5.06. The van der Waals surface area contributed by atoms with Crippen LogP contribution in [0, 0.1) is 0 Å².